The van der Waals surface area contributed by atoms with Gasteiger partial charge in [0, 0.05) is 24.0 Å². The average molecular weight is 374 g/mol. The van der Waals surface area contributed by atoms with Gasteiger partial charge in [-0.15, -0.1) is 11.8 Å². The van der Waals surface area contributed by atoms with Crippen LogP contribution in [0.4, 0.5) is 11.4 Å². The SMILES string of the molecule is O=C(CSCc1ccc([N+](=O)[O-])cc1)N/N=C\c1ccccc1[N+](=O)[O-]. The highest BCUT2D eigenvalue weighted by molar-refractivity contribution is 7.99. The van der Waals surface area contributed by atoms with Crippen LogP contribution in [0.15, 0.2) is 53.6 Å². The predicted molar refractivity (Wildman–Crippen MR) is 98.1 cm³/mol. The van der Waals surface area contributed by atoms with Gasteiger partial charge in [0.25, 0.3) is 11.4 Å². The van der Waals surface area contributed by atoms with E-state index in [1.54, 1.807) is 24.3 Å². The van der Waals surface area contributed by atoms with Crippen molar-refractivity contribution in [3.05, 3.63) is 79.9 Å². The van der Waals surface area contributed by atoms with Crippen molar-refractivity contribution in [1.29, 1.82) is 0 Å². The topological polar surface area (TPSA) is 128 Å². The number of thioether (sulfide) groups is 1. The maximum absolute atomic E-state index is 11.7. The van der Waals surface area contributed by atoms with Gasteiger partial charge in [0.15, 0.2) is 0 Å². The van der Waals surface area contributed by atoms with Crippen LogP contribution in [0.3, 0.4) is 0 Å². The number of nitrogens with one attached hydrogen (secondary N) is 1. The van der Waals surface area contributed by atoms with Crippen molar-refractivity contribution in [3.63, 3.8) is 0 Å². The Hall–Kier alpha value is -3.27. The smallest absolute Gasteiger partial charge is 0.272 e. The Kier molecular flexibility index (Phi) is 6.80. The fourth-order valence-electron chi connectivity index (χ4n) is 1.94. The molecule has 134 valence electrons. The molecular weight excluding hydrogens is 360 g/mol. The molecule has 2 aromatic rings. The maximum Gasteiger partial charge on any atom is 0.278 e. The molecule has 0 saturated carbocycles. The molecule has 0 bridgehead atoms. The Bertz CT molecular complexity index is 839. The molecule has 1 N–H and O–H groups in total. The van der Waals surface area contributed by atoms with Crippen LogP contribution in [-0.2, 0) is 10.5 Å². The van der Waals surface area contributed by atoms with Crippen molar-refractivity contribution in [3.8, 4) is 0 Å². The number of hydrazone groups is 1. The second-order valence-electron chi connectivity index (χ2n) is 5.03. The lowest BCUT2D eigenvalue weighted by Gasteiger charge is -2.02. The number of nitro groups is 2. The highest BCUT2D eigenvalue weighted by Gasteiger charge is 2.10. The summed E-state index contributed by atoms with van der Waals surface area (Å²) >= 11 is 1.32. The van der Waals surface area contributed by atoms with E-state index in [9.17, 15) is 25.0 Å². The van der Waals surface area contributed by atoms with Gasteiger partial charge in [0.2, 0.25) is 5.91 Å². The van der Waals surface area contributed by atoms with E-state index in [2.05, 4.69) is 10.5 Å². The normalized spacial score (nSPS) is 10.6. The number of rotatable bonds is 8. The van der Waals surface area contributed by atoms with Crippen molar-refractivity contribution < 1.29 is 14.6 Å². The van der Waals surface area contributed by atoms with Gasteiger partial charge < -0.3 is 0 Å². The number of nitro benzene ring substituents is 2. The molecule has 0 radical (unpaired) electrons. The highest BCUT2D eigenvalue weighted by Crippen LogP contribution is 2.17. The van der Waals surface area contributed by atoms with Gasteiger partial charge in [0.05, 0.1) is 27.4 Å². The maximum atomic E-state index is 11.7. The molecule has 0 aromatic heterocycles. The van der Waals surface area contributed by atoms with Gasteiger partial charge in [-0.25, -0.2) is 5.43 Å². The number of nitrogens with zero attached hydrogens (tertiary/aromatic N) is 3. The molecule has 9 nitrogen and oxygen atoms in total. The molecule has 0 atom stereocenters. The molecule has 0 saturated heterocycles. The first kappa shape index (κ1) is 19.1. The van der Waals surface area contributed by atoms with Crippen molar-refractivity contribution >= 4 is 35.3 Å². The number of benzene rings is 2. The van der Waals surface area contributed by atoms with Crippen LogP contribution in [0.2, 0.25) is 0 Å². The van der Waals surface area contributed by atoms with Crippen LogP contribution < -0.4 is 5.43 Å². The van der Waals surface area contributed by atoms with E-state index < -0.39 is 9.85 Å². The molecule has 1 amide bonds. The van der Waals surface area contributed by atoms with Crippen molar-refractivity contribution in [2.75, 3.05) is 5.75 Å². The third-order valence-electron chi connectivity index (χ3n) is 3.18. The molecule has 0 spiro atoms. The number of carbonyl (C=O) groups is 1. The summed E-state index contributed by atoms with van der Waals surface area (Å²) in [7, 11) is 0. The fourth-order valence-corrected chi connectivity index (χ4v) is 2.72. The van der Waals surface area contributed by atoms with E-state index in [0.717, 1.165) is 5.56 Å². The Morgan fingerprint density at radius 2 is 1.77 bits per heavy atom. The molecule has 0 aliphatic rings. The third kappa shape index (κ3) is 5.67. The summed E-state index contributed by atoms with van der Waals surface area (Å²) in [4.78, 5) is 32.2. The van der Waals surface area contributed by atoms with Gasteiger partial charge >= 0.3 is 0 Å². The highest BCUT2D eigenvalue weighted by atomic mass is 32.2. The summed E-state index contributed by atoms with van der Waals surface area (Å²) < 4.78 is 0. The Morgan fingerprint density at radius 3 is 2.42 bits per heavy atom. The van der Waals surface area contributed by atoms with Crippen LogP contribution in [-0.4, -0.2) is 27.7 Å². The largest absolute Gasteiger partial charge is 0.278 e. The average Bonchev–Trinajstić information content (AvgIpc) is 2.62. The standard InChI is InChI=1S/C16H14N4O5S/c21-16(11-26-10-12-5-7-14(8-6-12)19(22)23)18-17-9-13-3-1-2-4-15(13)20(24)25/h1-9H,10-11H2,(H,18,21)/b17-9-. The molecule has 0 heterocycles. The second kappa shape index (κ2) is 9.28. The molecule has 26 heavy (non-hydrogen) atoms. The van der Waals surface area contributed by atoms with E-state index in [4.69, 9.17) is 0 Å². The fraction of sp³-hybridized carbons (Fsp3) is 0.125. The number of hydrogen-bond acceptors (Lipinski definition) is 7. The number of para-hydroxylation sites is 1. The molecule has 0 aliphatic heterocycles. The minimum atomic E-state index is -0.525. The van der Waals surface area contributed by atoms with Gasteiger partial charge in [-0.1, -0.05) is 24.3 Å². The Morgan fingerprint density at radius 1 is 1.08 bits per heavy atom. The van der Waals surface area contributed by atoms with Crippen LogP contribution >= 0.6 is 11.8 Å². The monoisotopic (exact) mass is 374 g/mol. The van der Waals surface area contributed by atoms with Crippen LogP contribution in [0, 0.1) is 20.2 Å². The molecule has 0 fully saturated rings. The lowest BCUT2D eigenvalue weighted by atomic mass is 10.2. The lowest BCUT2D eigenvalue weighted by Crippen LogP contribution is -2.19. The zero-order valence-electron chi connectivity index (χ0n) is 13.4. The minimum absolute atomic E-state index is 0.0147. The quantitative estimate of drug-likeness (QED) is 0.430. The molecule has 2 rings (SSSR count). The summed E-state index contributed by atoms with van der Waals surface area (Å²) in [5.74, 6) is 0.288. The van der Waals surface area contributed by atoms with Crippen LogP contribution in [0.1, 0.15) is 11.1 Å². The summed E-state index contributed by atoms with van der Waals surface area (Å²) in [6, 6.07) is 12.1. The molecule has 10 heteroatoms. The molecule has 0 unspecified atom stereocenters. The van der Waals surface area contributed by atoms with Crippen molar-refractivity contribution in [2.45, 2.75) is 5.75 Å². The summed E-state index contributed by atoms with van der Waals surface area (Å²) in [6.07, 6.45) is 1.22. The van der Waals surface area contributed by atoms with Gasteiger partial charge in [-0.2, -0.15) is 5.10 Å². The zero-order chi connectivity index (χ0) is 18.9. The summed E-state index contributed by atoms with van der Waals surface area (Å²) in [6.45, 7) is 0. The first-order chi connectivity index (χ1) is 12.5. The van der Waals surface area contributed by atoms with E-state index in [1.807, 2.05) is 0 Å². The number of hydrogen-bond donors (Lipinski definition) is 1. The predicted octanol–water partition coefficient (Wildman–Crippen LogP) is 2.89. The third-order valence-corrected chi connectivity index (χ3v) is 4.18. The van der Waals surface area contributed by atoms with Gasteiger partial charge in [-0.3, -0.25) is 25.0 Å². The number of carbonyl (C=O) groups excluding carboxylic acids is 1. The number of non-ortho nitro benzene ring substituents is 1. The molecule has 0 aliphatic carbocycles. The van der Waals surface area contributed by atoms with E-state index in [1.165, 1.54) is 42.2 Å². The first-order valence-electron chi connectivity index (χ1n) is 7.34. The van der Waals surface area contributed by atoms with Gasteiger partial charge in [0.1, 0.15) is 0 Å². The molecular formula is C16H14N4O5S. The van der Waals surface area contributed by atoms with Gasteiger partial charge in [-0.05, 0) is 11.6 Å². The van der Waals surface area contributed by atoms with Crippen molar-refractivity contribution in [1.82, 2.24) is 5.43 Å². The zero-order valence-corrected chi connectivity index (χ0v) is 14.2. The Balaban J connectivity index is 1.79. The Labute approximate surface area is 152 Å². The minimum Gasteiger partial charge on any atom is -0.272 e. The van der Waals surface area contributed by atoms with Crippen molar-refractivity contribution in [2.24, 2.45) is 5.10 Å². The van der Waals surface area contributed by atoms with E-state index in [-0.39, 0.29) is 28.6 Å². The van der Waals surface area contributed by atoms with Crippen LogP contribution in [0.25, 0.3) is 0 Å². The summed E-state index contributed by atoms with van der Waals surface area (Å²) in [5.41, 5.74) is 3.37. The molecule has 2 aromatic carbocycles. The second-order valence-corrected chi connectivity index (χ2v) is 6.01. The number of amides is 1. The van der Waals surface area contributed by atoms with E-state index >= 15 is 0 Å². The summed E-state index contributed by atoms with van der Waals surface area (Å²) in [5, 5.41) is 25.2. The lowest BCUT2D eigenvalue weighted by molar-refractivity contribution is -0.385. The first-order valence-corrected chi connectivity index (χ1v) is 8.49. The van der Waals surface area contributed by atoms with E-state index in [0.29, 0.717) is 5.75 Å². The van der Waals surface area contributed by atoms with Crippen LogP contribution in [0.5, 0.6) is 0 Å².